The number of likely N-dealkylation sites (tertiary alicyclic amines) is 1. The highest BCUT2D eigenvalue weighted by atomic mass is 19.4. The van der Waals surface area contributed by atoms with Crippen molar-refractivity contribution in [2.75, 3.05) is 31.6 Å². The van der Waals surface area contributed by atoms with Crippen LogP contribution in [0.25, 0.3) is 0 Å². The minimum absolute atomic E-state index is 0.0215. The third kappa shape index (κ3) is 5.29. The van der Waals surface area contributed by atoms with Crippen molar-refractivity contribution in [3.05, 3.63) is 48.6 Å². The summed E-state index contributed by atoms with van der Waals surface area (Å²) in [5, 5.41) is 10.5. The van der Waals surface area contributed by atoms with E-state index in [-0.39, 0.29) is 12.0 Å². The number of hydrogen-bond donors (Lipinski definition) is 2. The number of aliphatic carboxylic acids is 1. The zero-order chi connectivity index (χ0) is 21.7. The number of carboxylic acid groups (broad SMARTS) is 1. The monoisotopic (exact) mass is 427 g/mol. The summed E-state index contributed by atoms with van der Waals surface area (Å²) < 4.78 is 42.6. The van der Waals surface area contributed by atoms with Crippen molar-refractivity contribution in [2.24, 2.45) is 11.8 Å². The molecule has 2 aliphatic heterocycles. The summed E-state index contributed by atoms with van der Waals surface area (Å²) in [6.45, 7) is 2.95. The van der Waals surface area contributed by atoms with E-state index in [0.29, 0.717) is 23.9 Å². The van der Waals surface area contributed by atoms with E-state index in [1.54, 1.807) is 12.3 Å². The number of carbonyl (C=O) groups is 2. The van der Waals surface area contributed by atoms with E-state index in [4.69, 9.17) is 19.1 Å². The second-order valence-corrected chi connectivity index (χ2v) is 6.92. The Morgan fingerprint density at radius 3 is 2.63 bits per heavy atom. The lowest BCUT2D eigenvalue weighted by Gasteiger charge is -2.19. The highest BCUT2D eigenvalue weighted by molar-refractivity contribution is 5.94. The Labute approximate surface area is 169 Å². The van der Waals surface area contributed by atoms with Gasteiger partial charge in [0, 0.05) is 37.7 Å². The number of carboxylic acids is 1. The number of hydrogen-bond acceptors (Lipinski definition) is 6. The van der Waals surface area contributed by atoms with E-state index >= 15 is 0 Å². The van der Waals surface area contributed by atoms with Crippen LogP contribution in [0.2, 0.25) is 0 Å². The van der Waals surface area contributed by atoms with Crippen molar-refractivity contribution in [3.63, 3.8) is 0 Å². The van der Waals surface area contributed by atoms with Crippen LogP contribution in [0.1, 0.15) is 10.4 Å². The fourth-order valence-corrected chi connectivity index (χ4v) is 3.45. The molecule has 2 aliphatic rings. The molecule has 0 radical (unpaired) electrons. The fraction of sp³-hybridized carbons (Fsp3) is 0.421. The van der Waals surface area contributed by atoms with Gasteiger partial charge in [-0.1, -0.05) is 6.07 Å². The number of carbonyl (C=O) groups excluding carboxylic acids is 1. The van der Waals surface area contributed by atoms with Crippen molar-refractivity contribution in [1.29, 1.82) is 0 Å². The maximum absolute atomic E-state index is 12.4. The van der Waals surface area contributed by atoms with Gasteiger partial charge in [-0.05, 0) is 18.2 Å². The Morgan fingerprint density at radius 1 is 1.27 bits per heavy atom. The number of pyridine rings is 1. The molecule has 0 aliphatic carbocycles. The van der Waals surface area contributed by atoms with E-state index in [2.05, 4.69) is 10.3 Å². The fourth-order valence-electron chi connectivity index (χ4n) is 3.45. The molecule has 2 saturated heterocycles. The number of anilines is 1. The predicted octanol–water partition coefficient (Wildman–Crippen LogP) is 2.51. The van der Waals surface area contributed by atoms with Crippen molar-refractivity contribution in [2.45, 2.75) is 12.3 Å². The van der Waals surface area contributed by atoms with Gasteiger partial charge >= 0.3 is 12.1 Å². The summed E-state index contributed by atoms with van der Waals surface area (Å²) in [7, 11) is 0. The summed E-state index contributed by atoms with van der Waals surface area (Å²) in [6.07, 6.45) is -0.143. The first-order valence-electron chi connectivity index (χ1n) is 9.14. The average Bonchev–Trinajstić information content (AvgIpc) is 3.44. The van der Waals surface area contributed by atoms with Crippen LogP contribution >= 0.6 is 0 Å². The summed E-state index contributed by atoms with van der Waals surface area (Å²) in [5.74, 6) is -1.09. The number of amides is 1. The van der Waals surface area contributed by atoms with Gasteiger partial charge in [-0.2, -0.15) is 13.2 Å². The molecular weight excluding hydrogens is 407 g/mol. The number of fused-ring (bicyclic) bond motifs is 1. The molecule has 162 valence electrons. The quantitative estimate of drug-likeness (QED) is 0.773. The predicted molar refractivity (Wildman–Crippen MR) is 97.7 cm³/mol. The molecule has 2 aromatic heterocycles. The molecule has 4 heterocycles. The number of nitrogens with one attached hydrogen (secondary N) is 1. The zero-order valence-corrected chi connectivity index (χ0v) is 15.7. The number of halogens is 3. The Hall–Kier alpha value is -3.08. The summed E-state index contributed by atoms with van der Waals surface area (Å²) in [5.41, 5.74) is 0.605. The molecule has 2 N–H and O–H groups in total. The normalized spacial score (nSPS) is 22.8. The highest BCUT2D eigenvalue weighted by Gasteiger charge is 2.45. The van der Waals surface area contributed by atoms with E-state index in [9.17, 15) is 18.0 Å². The largest absolute Gasteiger partial charge is 0.490 e. The molecule has 30 heavy (non-hydrogen) atoms. The topological polar surface area (TPSA) is 105 Å². The lowest BCUT2D eigenvalue weighted by molar-refractivity contribution is -0.192. The third-order valence-electron chi connectivity index (χ3n) is 4.95. The van der Waals surface area contributed by atoms with Gasteiger partial charge in [0.05, 0.1) is 24.5 Å². The first kappa shape index (κ1) is 21.6. The van der Waals surface area contributed by atoms with Crippen molar-refractivity contribution in [3.8, 4) is 0 Å². The molecular formula is C19H20F3N3O5. The molecule has 0 spiro atoms. The molecule has 0 bridgehead atoms. The first-order chi connectivity index (χ1) is 14.3. The second-order valence-electron chi connectivity index (χ2n) is 6.92. The van der Waals surface area contributed by atoms with Gasteiger partial charge in [0.1, 0.15) is 12.1 Å². The smallest absolute Gasteiger partial charge is 0.475 e. The van der Waals surface area contributed by atoms with Gasteiger partial charge in [-0.25, -0.2) is 9.78 Å². The van der Waals surface area contributed by atoms with Crippen LogP contribution in [0.5, 0.6) is 0 Å². The van der Waals surface area contributed by atoms with Crippen LogP contribution < -0.4 is 5.32 Å². The number of furan rings is 1. The van der Waals surface area contributed by atoms with Gasteiger partial charge < -0.3 is 24.5 Å². The molecule has 3 atom stereocenters. The molecule has 8 nitrogen and oxygen atoms in total. The van der Waals surface area contributed by atoms with Gasteiger partial charge in [0.25, 0.3) is 5.91 Å². The number of alkyl halides is 3. The zero-order valence-electron chi connectivity index (χ0n) is 15.7. The Balaban J connectivity index is 0.000000318. The third-order valence-corrected chi connectivity index (χ3v) is 4.95. The van der Waals surface area contributed by atoms with Crippen molar-refractivity contribution >= 4 is 17.7 Å². The van der Waals surface area contributed by atoms with Crippen LogP contribution in [0.3, 0.4) is 0 Å². The van der Waals surface area contributed by atoms with Crippen molar-refractivity contribution < 1.29 is 37.0 Å². The summed E-state index contributed by atoms with van der Waals surface area (Å²) in [6, 6.07) is 7.52. The summed E-state index contributed by atoms with van der Waals surface area (Å²) in [4.78, 5) is 27.4. The van der Waals surface area contributed by atoms with Crippen LogP contribution in [0.4, 0.5) is 19.0 Å². The molecule has 4 rings (SSSR count). The van der Waals surface area contributed by atoms with E-state index in [1.807, 2.05) is 23.1 Å². The number of rotatable bonds is 4. The van der Waals surface area contributed by atoms with Crippen molar-refractivity contribution in [1.82, 2.24) is 9.88 Å². The lowest BCUT2D eigenvalue weighted by Crippen LogP contribution is -2.32. The molecule has 2 aromatic rings. The van der Waals surface area contributed by atoms with Crippen LogP contribution in [0.15, 0.2) is 47.4 Å². The second kappa shape index (κ2) is 9.16. The number of aromatic nitrogens is 1. The minimum Gasteiger partial charge on any atom is -0.475 e. The Morgan fingerprint density at radius 2 is 2.03 bits per heavy atom. The van der Waals surface area contributed by atoms with Gasteiger partial charge in [-0.3, -0.25) is 4.79 Å². The maximum Gasteiger partial charge on any atom is 0.490 e. The molecule has 11 heteroatoms. The van der Waals surface area contributed by atoms with E-state index in [1.165, 1.54) is 12.5 Å². The van der Waals surface area contributed by atoms with Crippen LogP contribution in [-0.2, 0) is 9.53 Å². The van der Waals surface area contributed by atoms with Gasteiger partial charge in [0.15, 0.2) is 0 Å². The lowest BCUT2D eigenvalue weighted by atomic mass is 9.93. The standard InChI is InChI=1S/C17H19N3O3.C2HF3O2/c21-17(12-4-6-22-10-12)20-8-14-13(11-23-15(14)9-20)7-19-16-3-1-2-5-18-16;3-2(4,5)1(6)7/h1-6,10,13-15H,7-9,11H2,(H,18,19);(H,6,7)/t13-,14+,15+;/m0./s1. The van der Waals surface area contributed by atoms with Gasteiger partial charge in [-0.15, -0.1) is 0 Å². The van der Waals surface area contributed by atoms with Crippen LogP contribution in [0, 0.1) is 11.8 Å². The first-order valence-corrected chi connectivity index (χ1v) is 9.14. The molecule has 2 fully saturated rings. The van der Waals surface area contributed by atoms with E-state index in [0.717, 1.165) is 25.5 Å². The van der Waals surface area contributed by atoms with Crippen LogP contribution in [-0.4, -0.2) is 65.4 Å². The number of nitrogens with zero attached hydrogens (tertiary/aromatic N) is 2. The van der Waals surface area contributed by atoms with E-state index < -0.39 is 12.1 Å². The molecule has 0 unspecified atom stereocenters. The molecule has 0 saturated carbocycles. The number of ether oxygens (including phenoxy) is 1. The highest BCUT2D eigenvalue weighted by Crippen LogP contribution is 2.34. The summed E-state index contributed by atoms with van der Waals surface area (Å²) >= 11 is 0. The Bertz CT molecular complexity index is 845. The van der Waals surface area contributed by atoms with Gasteiger partial charge in [0.2, 0.25) is 0 Å². The Kier molecular flexibility index (Phi) is 6.60. The maximum atomic E-state index is 12.4. The average molecular weight is 427 g/mol. The molecule has 0 aromatic carbocycles. The minimum atomic E-state index is -5.08. The molecule has 1 amide bonds. The SMILES string of the molecule is O=C(O)C(F)(F)F.O=C(c1ccoc1)N1C[C@@H]2[C@@H](CNc3ccccn3)CO[C@@H]2C1.